The standard InChI is InChI=1S/C25H33Cl2N3O4S/c1-5-23(25(32)28-18(2)3)29(17-19-13-14-20(26)16-22(19)27)24(31)12-9-15-30(35(4,33)34)21-10-7-6-8-11-21/h6-8,10-11,13-14,16,18,23H,5,9,12,15,17H2,1-4H3,(H,28,32). The number of hydrogen-bond acceptors (Lipinski definition) is 4. The summed E-state index contributed by atoms with van der Waals surface area (Å²) >= 11 is 12.4. The molecule has 192 valence electrons. The Balaban J connectivity index is 2.24. The number of nitrogens with zero attached hydrogens (tertiary/aromatic N) is 2. The first-order valence-electron chi connectivity index (χ1n) is 11.5. The zero-order valence-corrected chi connectivity index (χ0v) is 22.8. The molecule has 0 radical (unpaired) electrons. The topological polar surface area (TPSA) is 86.8 Å². The fraction of sp³-hybridized carbons (Fsp3) is 0.440. The smallest absolute Gasteiger partial charge is 0.243 e. The second-order valence-electron chi connectivity index (χ2n) is 8.62. The average molecular weight is 543 g/mol. The highest BCUT2D eigenvalue weighted by atomic mass is 35.5. The van der Waals surface area contributed by atoms with Crippen molar-refractivity contribution in [1.29, 1.82) is 0 Å². The minimum atomic E-state index is -3.53. The molecule has 2 aromatic rings. The number of nitrogens with one attached hydrogen (secondary N) is 1. The van der Waals surface area contributed by atoms with Crippen LogP contribution in [0.1, 0.15) is 45.6 Å². The average Bonchev–Trinajstić information content (AvgIpc) is 2.77. The van der Waals surface area contributed by atoms with E-state index in [2.05, 4.69) is 5.32 Å². The van der Waals surface area contributed by atoms with Crippen molar-refractivity contribution >= 4 is 50.7 Å². The lowest BCUT2D eigenvalue weighted by atomic mass is 10.1. The monoisotopic (exact) mass is 541 g/mol. The van der Waals surface area contributed by atoms with E-state index in [0.29, 0.717) is 27.7 Å². The van der Waals surface area contributed by atoms with Crippen LogP contribution in [0.25, 0.3) is 0 Å². The summed E-state index contributed by atoms with van der Waals surface area (Å²) in [5, 5.41) is 3.76. The molecular formula is C25H33Cl2N3O4S. The van der Waals surface area contributed by atoms with Crippen LogP contribution in [0.15, 0.2) is 48.5 Å². The first-order valence-corrected chi connectivity index (χ1v) is 14.1. The molecule has 2 aromatic carbocycles. The van der Waals surface area contributed by atoms with Crippen LogP contribution in [0.2, 0.25) is 10.0 Å². The molecule has 0 spiro atoms. The van der Waals surface area contributed by atoms with Crippen LogP contribution < -0.4 is 9.62 Å². The minimum Gasteiger partial charge on any atom is -0.352 e. The molecule has 0 aliphatic carbocycles. The van der Waals surface area contributed by atoms with E-state index in [9.17, 15) is 18.0 Å². The van der Waals surface area contributed by atoms with Crippen LogP contribution in [-0.2, 0) is 26.2 Å². The number of carbonyl (C=O) groups is 2. The number of halogens is 2. The summed E-state index contributed by atoms with van der Waals surface area (Å²) in [5.41, 5.74) is 1.21. The summed E-state index contributed by atoms with van der Waals surface area (Å²) < 4.78 is 26.0. The molecule has 0 fully saturated rings. The molecule has 0 saturated heterocycles. The first-order chi connectivity index (χ1) is 16.4. The van der Waals surface area contributed by atoms with Gasteiger partial charge in [0, 0.05) is 35.6 Å². The van der Waals surface area contributed by atoms with Crippen LogP contribution in [0, 0.1) is 0 Å². The summed E-state index contributed by atoms with van der Waals surface area (Å²) in [7, 11) is -3.53. The molecule has 0 aliphatic rings. The number of rotatable bonds is 12. The number of carbonyl (C=O) groups excluding carboxylic acids is 2. The van der Waals surface area contributed by atoms with Gasteiger partial charge in [0.1, 0.15) is 6.04 Å². The van der Waals surface area contributed by atoms with Gasteiger partial charge in [-0.05, 0) is 56.5 Å². The fourth-order valence-corrected chi connectivity index (χ4v) is 5.17. The Hall–Kier alpha value is -2.29. The summed E-state index contributed by atoms with van der Waals surface area (Å²) in [5.74, 6) is -0.508. The number of hydrogen-bond donors (Lipinski definition) is 1. The Labute approximate surface area is 218 Å². The zero-order valence-electron chi connectivity index (χ0n) is 20.5. The highest BCUT2D eigenvalue weighted by Gasteiger charge is 2.29. The van der Waals surface area contributed by atoms with Gasteiger partial charge >= 0.3 is 0 Å². The Morgan fingerprint density at radius 3 is 2.26 bits per heavy atom. The molecular weight excluding hydrogens is 509 g/mol. The Morgan fingerprint density at radius 1 is 1.06 bits per heavy atom. The van der Waals surface area contributed by atoms with Crippen molar-refractivity contribution in [2.24, 2.45) is 0 Å². The van der Waals surface area contributed by atoms with E-state index in [1.165, 1.54) is 9.21 Å². The van der Waals surface area contributed by atoms with Gasteiger partial charge in [-0.25, -0.2) is 8.42 Å². The summed E-state index contributed by atoms with van der Waals surface area (Å²) in [6, 6.07) is 13.0. The molecule has 35 heavy (non-hydrogen) atoms. The molecule has 2 amide bonds. The minimum absolute atomic E-state index is 0.0650. The maximum atomic E-state index is 13.4. The second-order valence-corrected chi connectivity index (χ2v) is 11.4. The molecule has 0 saturated carbocycles. The van der Waals surface area contributed by atoms with Crippen LogP contribution in [0.4, 0.5) is 5.69 Å². The number of para-hydroxylation sites is 1. The van der Waals surface area contributed by atoms with Gasteiger partial charge in [0.15, 0.2) is 0 Å². The van der Waals surface area contributed by atoms with Gasteiger partial charge in [0.05, 0.1) is 11.9 Å². The number of anilines is 1. The van der Waals surface area contributed by atoms with Gasteiger partial charge in [0.25, 0.3) is 0 Å². The lowest BCUT2D eigenvalue weighted by molar-refractivity contribution is -0.141. The fourth-order valence-electron chi connectivity index (χ4n) is 3.73. The van der Waals surface area contributed by atoms with Gasteiger partial charge < -0.3 is 10.2 Å². The van der Waals surface area contributed by atoms with Crippen molar-refractivity contribution in [3.8, 4) is 0 Å². The number of sulfonamides is 1. The van der Waals surface area contributed by atoms with E-state index in [-0.39, 0.29) is 43.8 Å². The molecule has 10 heteroatoms. The predicted molar refractivity (Wildman–Crippen MR) is 142 cm³/mol. The van der Waals surface area contributed by atoms with Crippen molar-refractivity contribution < 1.29 is 18.0 Å². The van der Waals surface area contributed by atoms with Crippen LogP contribution in [0.3, 0.4) is 0 Å². The van der Waals surface area contributed by atoms with E-state index in [1.54, 1.807) is 48.5 Å². The quantitative estimate of drug-likeness (QED) is 0.415. The predicted octanol–water partition coefficient (Wildman–Crippen LogP) is 4.87. The van der Waals surface area contributed by atoms with E-state index in [4.69, 9.17) is 23.2 Å². The molecule has 1 N–H and O–H groups in total. The summed E-state index contributed by atoms with van der Waals surface area (Å²) in [6.07, 6.45) is 1.90. The van der Waals surface area contributed by atoms with Gasteiger partial charge in [-0.2, -0.15) is 0 Å². The van der Waals surface area contributed by atoms with Gasteiger partial charge in [-0.15, -0.1) is 0 Å². The molecule has 2 rings (SSSR count). The normalized spacial score (nSPS) is 12.3. The van der Waals surface area contributed by atoms with Crippen molar-refractivity contribution in [3.63, 3.8) is 0 Å². The molecule has 1 unspecified atom stereocenters. The molecule has 0 aromatic heterocycles. The van der Waals surface area contributed by atoms with Crippen molar-refractivity contribution in [3.05, 3.63) is 64.1 Å². The van der Waals surface area contributed by atoms with Crippen molar-refractivity contribution in [1.82, 2.24) is 10.2 Å². The summed E-state index contributed by atoms with van der Waals surface area (Å²) in [4.78, 5) is 27.8. The van der Waals surface area contributed by atoms with Crippen LogP contribution in [-0.4, -0.2) is 50.0 Å². The third-order valence-electron chi connectivity index (χ3n) is 5.37. The zero-order chi connectivity index (χ0) is 26.2. The SMILES string of the molecule is CCC(C(=O)NC(C)C)N(Cc1ccc(Cl)cc1Cl)C(=O)CCCN(c1ccccc1)S(C)(=O)=O. The van der Waals surface area contributed by atoms with Gasteiger partial charge in [0.2, 0.25) is 21.8 Å². The Bertz CT molecular complexity index is 1110. The molecule has 7 nitrogen and oxygen atoms in total. The first kappa shape index (κ1) is 28.9. The van der Waals surface area contributed by atoms with Gasteiger partial charge in [-0.1, -0.05) is 54.4 Å². The number of benzene rings is 2. The number of amides is 2. The van der Waals surface area contributed by atoms with Crippen molar-refractivity contribution in [2.45, 2.75) is 58.7 Å². The van der Waals surface area contributed by atoms with Gasteiger partial charge in [-0.3, -0.25) is 13.9 Å². The highest BCUT2D eigenvalue weighted by Crippen LogP contribution is 2.24. The molecule has 0 bridgehead atoms. The summed E-state index contributed by atoms with van der Waals surface area (Å²) in [6.45, 7) is 5.83. The van der Waals surface area contributed by atoms with E-state index in [1.807, 2.05) is 20.8 Å². The van der Waals surface area contributed by atoms with Crippen LogP contribution >= 0.6 is 23.2 Å². The second kappa shape index (κ2) is 13.1. The Morgan fingerprint density at radius 2 is 1.71 bits per heavy atom. The van der Waals surface area contributed by atoms with E-state index < -0.39 is 16.1 Å². The maximum absolute atomic E-state index is 13.4. The lowest BCUT2D eigenvalue weighted by Gasteiger charge is -2.32. The largest absolute Gasteiger partial charge is 0.352 e. The maximum Gasteiger partial charge on any atom is 0.243 e. The third-order valence-corrected chi connectivity index (χ3v) is 7.15. The molecule has 0 aliphatic heterocycles. The van der Waals surface area contributed by atoms with E-state index >= 15 is 0 Å². The molecule has 1 atom stereocenters. The van der Waals surface area contributed by atoms with Crippen molar-refractivity contribution in [2.75, 3.05) is 17.1 Å². The molecule has 0 heterocycles. The van der Waals surface area contributed by atoms with E-state index in [0.717, 1.165) is 6.26 Å². The van der Waals surface area contributed by atoms with Crippen LogP contribution in [0.5, 0.6) is 0 Å². The highest BCUT2D eigenvalue weighted by molar-refractivity contribution is 7.92. The lowest BCUT2D eigenvalue weighted by Crippen LogP contribution is -2.50. The Kier molecular flexibility index (Phi) is 10.9. The third kappa shape index (κ3) is 8.70.